The van der Waals surface area contributed by atoms with Gasteiger partial charge in [0.2, 0.25) is 5.91 Å². The van der Waals surface area contributed by atoms with Crippen LogP contribution in [0.1, 0.15) is 72.6 Å². The lowest BCUT2D eigenvalue weighted by atomic mass is 9.96. The standard InChI is InChI=1S/C16H29NO3/c1-12(15(19)20-16(2,3)4)17-14(18)11-13-9-7-5-6-8-10-13/h12-13H,5-11H2,1-4H3,(H,17,18)/t12-/m1/s1. The van der Waals surface area contributed by atoms with Crippen LogP contribution in [0.15, 0.2) is 0 Å². The Hall–Kier alpha value is -1.06. The van der Waals surface area contributed by atoms with Crippen molar-refractivity contribution in [3.8, 4) is 0 Å². The summed E-state index contributed by atoms with van der Waals surface area (Å²) in [4.78, 5) is 23.8. The Morgan fingerprint density at radius 3 is 2.20 bits per heavy atom. The molecule has 1 amide bonds. The molecular formula is C16H29NO3. The number of rotatable bonds is 4. The maximum absolute atomic E-state index is 12.0. The van der Waals surface area contributed by atoms with E-state index in [1.807, 2.05) is 20.8 Å². The van der Waals surface area contributed by atoms with Gasteiger partial charge in [-0.2, -0.15) is 0 Å². The Bertz CT molecular complexity index is 325. The summed E-state index contributed by atoms with van der Waals surface area (Å²) in [7, 11) is 0. The van der Waals surface area contributed by atoms with Crippen LogP contribution in [0.3, 0.4) is 0 Å². The van der Waals surface area contributed by atoms with Crippen molar-refractivity contribution in [1.82, 2.24) is 5.32 Å². The van der Waals surface area contributed by atoms with Gasteiger partial charge in [-0.05, 0) is 46.5 Å². The van der Waals surface area contributed by atoms with Crippen molar-refractivity contribution in [3.63, 3.8) is 0 Å². The first kappa shape index (κ1) is 17.0. The highest BCUT2D eigenvalue weighted by atomic mass is 16.6. The van der Waals surface area contributed by atoms with Crippen molar-refractivity contribution in [2.75, 3.05) is 0 Å². The zero-order chi connectivity index (χ0) is 15.2. The third-order valence-electron chi connectivity index (χ3n) is 3.59. The monoisotopic (exact) mass is 283 g/mol. The number of hydrogen-bond acceptors (Lipinski definition) is 3. The van der Waals surface area contributed by atoms with Gasteiger partial charge in [-0.25, -0.2) is 4.79 Å². The molecule has 0 aliphatic heterocycles. The minimum Gasteiger partial charge on any atom is -0.458 e. The lowest BCUT2D eigenvalue weighted by Crippen LogP contribution is -2.42. The zero-order valence-electron chi connectivity index (χ0n) is 13.3. The molecule has 0 aromatic carbocycles. The largest absolute Gasteiger partial charge is 0.458 e. The first-order valence-corrected chi connectivity index (χ1v) is 7.80. The SMILES string of the molecule is C[C@@H](NC(=O)CC1CCCCCC1)C(=O)OC(C)(C)C. The highest BCUT2D eigenvalue weighted by molar-refractivity contribution is 5.84. The lowest BCUT2D eigenvalue weighted by molar-refractivity contribution is -0.158. The fourth-order valence-corrected chi connectivity index (χ4v) is 2.58. The highest BCUT2D eigenvalue weighted by Crippen LogP contribution is 2.25. The maximum atomic E-state index is 12.0. The molecule has 0 radical (unpaired) electrons. The predicted molar refractivity (Wildman–Crippen MR) is 79.3 cm³/mol. The average Bonchev–Trinajstić information content (AvgIpc) is 2.55. The van der Waals surface area contributed by atoms with E-state index in [1.54, 1.807) is 6.92 Å². The van der Waals surface area contributed by atoms with Gasteiger partial charge in [0, 0.05) is 6.42 Å². The molecular weight excluding hydrogens is 254 g/mol. The van der Waals surface area contributed by atoms with Crippen LogP contribution >= 0.6 is 0 Å². The molecule has 1 N–H and O–H groups in total. The van der Waals surface area contributed by atoms with Crippen molar-refractivity contribution in [2.24, 2.45) is 5.92 Å². The molecule has 0 aromatic rings. The van der Waals surface area contributed by atoms with E-state index in [9.17, 15) is 9.59 Å². The molecule has 1 rings (SSSR count). The van der Waals surface area contributed by atoms with E-state index >= 15 is 0 Å². The number of hydrogen-bond donors (Lipinski definition) is 1. The number of ether oxygens (including phenoxy) is 1. The van der Waals surface area contributed by atoms with Gasteiger partial charge in [0.15, 0.2) is 0 Å². The van der Waals surface area contributed by atoms with Crippen LogP contribution in [0, 0.1) is 5.92 Å². The summed E-state index contributed by atoms with van der Waals surface area (Å²) in [6.07, 6.45) is 7.81. The molecule has 4 heteroatoms. The van der Waals surface area contributed by atoms with Gasteiger partial charge >= 0.3 is 5.97 Å². The van der Waals surface area contributed by atoms with Gasteiger partial charge in [-0.15, -0.1) is 0 Å². The van der Waals surface area contributed by atoms with Crippen LogP contribution in [-0.2, 0) is 14.3 Å². The summed E-state index contributed by atoms with van der Waals surface area (Å²) in [6, 6.07) is -0.576. The van der Waals surface area contributed by atoms with Gasteiger partial charge in [0.05, 0.1) is 0 Å². The lowest BCUT2D eigenvalue weighted by Gasteiger charge is -2.23. The zero-order valence-corrected chi connectivity index (χ0v) is 13.3. The van der Waals surface area contributed by atoms with E-state index in [0.29, 0.717) is 12.3 Å². The molecule has 0 spiro atoms. The molecule has 0 heterocycles. The Morgan fingerprint density at radius 1 is 1.15 bits per heavy atom. The van der Waals surface area contributed by atoms with E-state index in [2.05, 4.69) is 5.32 Å². The molecule has 1 fully saturated rings. The second-order valence-corrected chi connectivity index (χ2v) is 6.88. The second-order valence-electron chi connectivity index (χ2n) is 6.88. The van der Waals surface area contributed by atoms with Crippen molar-refractivity contribution >= 4 is 11.9 Å². The topological polar surface area (TPSA) is 55.4 Å². The predicted octanol–water partition coefficient (Wildman–Crippen LogP) is 3.19. The van der Waals surface area contributed by atoms with E-state index in [1.165, 1.54) is 25.7 Å². The van der Waals surface area contributed by atoms with Crippen molar-refractivity contribution in [3.05, 3.63) is 0 Å². The molecule has 0 bridgehead atoms. The van der Waals surface area contributed by atoms with Crippen molar-refractivity contribution in [1.29, 1.82) is 0 Å². The fraction of sp³-hybridized carbons (Fsp3) is 0.875. The summed E-state index contributed by atoms with van der Waals surface area (Å²) < 4.78 is 5.26. The van der Waals surface area contributed by atoms with Crippen LogP contribution < -0.4 is 5.32 Å². The molecule has 0 saturated heterocycles. The highest BCUT2D eigenvalue weighted by Gasteiger charge is 2.24. The van der Waals surface area contributed by atoms with Gasteiger partial charge in [0.1, 0.15) is 11.6 Å². The van der Waals surface area contributed by atoms with Crippen LogP contribution in [0.2, 0.25) is 0 Å². The number of nitrogens with one attached hydrogen (secondary N) is 1. The number of carbonyl (C=O) groups excluding carboxylic acids is 2. The van der Waals surface area contributed by atoms with Gasteiger partial charge in [-0.3, -0.25) is 4.79 Å². The minimum atomic E-state index is -0.576. The first-order chi connectivity index (χ1) is 9.28. The molecule has 20 heavy (non-hydrogen) atoms. The Balaban J connectivity index is 2.35. The minimum absolute atomic E-state index is 0.0322. The Morgan fingerprint density at radius 2 is 1.70 bits per heavy atom. The fourth-order valence-electron chi connectivity index (χ4n) is 2.58. The summed E-state index contributed by atoms with van der Waals surface area (Å²) >= 11 is 0. The molecule has 1 aliphatic rings. The van der Waals surface area contributed by atoms with E-state index in [-0.39, 0.29) is 11.9 Å². The molecule has 4 nitrogen and oxygen atoms in total. The molecule has 0 unspecified atom stereocenters. The summed E-state index contributed by atoms with van der Waals surface area (Å²) in [5.41, 5.74) is -0.517. The Kier molecular flexibility index (Phi) is 6.50. The van der Waals surface area contributed by atoms with Gasteiger partial charge < -0.3 is 10.1 Å². The van der Waals surface area contributed by atoms with Gasteiger partial charge in [-0.1, -0.05) is 25.7 Å². The summed E-state index contributed by atoms with van der Waals surface area (Å²) in [6.45, 7) is 7.15. The summed E-state index contributed by atoms with van der Waals surface area (Å²) in [5.74, 6) is 0.0744. The smallest absolute Gasteiger partial charge is 0.328 e. The Labute approximate surface area is 122 Å². The van der Waals surface area contributed by atoms with Gasteiger partial charge in [0.25, 0.3) is 0 Å². The second kappa shape index (κ2) is 7.65. The first-order valence-electron chi connectivity index (χ1n) is 7.80. The molecule has 1 saturated carbocycles. The van der Waals surface area contributed by atoms with Crippen molar-refractivity contribution in [2.45, 2.75) is 84.3 Å². The van der Waals surface area contributed by atoms with E-state index in [0.717, 1.165) is 12.8 Å². The third-order valence-corrected chi connectivity index (χ3v) is 3.59. The van der Waals surface area contributed by atoms with E-state index < -0.39 is 11.6 Å². The number of amides is 1. The van der Waals surface area contributed by atoms with Crippen LogP contribution in [0.4, 0.5) is 0 Å². The third kappa shape index (κ3) is 6.92. The number of carbonyl (C=O) groups is 2. The van der Waals surface area contributed by atoms with Crippen LogP contribution in [-0.4, -0.2) is 23.5 Å². The van der Waals surface area contributed by atoms with Crippen LogP contribution in [0.5, 0.6) is 0 Å². The molecule has 1 atom stereocenters. The normalized spacial score (nSPS) is 19.0. The van der Waals surface area contributed by atoms with Crippen LogP contribution in [0.25, 0.3) is 0 Å². The summed E-state index contributed by atoms with van der Waals surface area (Å²) in [5, 5.41) is 2.76. The number of esters is 1. The van der Waals surface area contributed by atoms with Crippen molar-refractivity contribution < 1.29 is 14.3 Å². The molecule has 0 aromatic heterocycles. The average molecular weight is 283 g/mol. The quantitative estimate of drug-likeness (QED) is 0.637. The maximum Gasteiger partial charge on any atom is 0.328 e. The molecule has 1 aliphatic carbocycles. The molecule has 116 valence electrons. The van der Waals surface area contributed by atoms with E-state index in [4.69, 9.17) is 4.74 Å².